The minimum atomic E-state index is -1.05. The van der Waals surface area contributed by atoms with Gasteiger partial charge in [0.2, 0.25) is 0 Å². The van der Waals surface area contributed by atoms with Crippen LogP contribution in [0.15, 0.2) is 32.6 Å². The molecule has 0 aliphatic rings. The predicted octanol–water partition coefficient (Wildman–Crippen LogP) is 1.64. The molecule has 6 nitrogen and oxygen atoms in total. The second-order valence-corrected chi connectivity index (χ2v) is 5.28. The average molecular weight is 348 g/mol. The molecule has 100 valence electrons. The van der Waals surface area contributed by atoms with Crippen LogP contribution in [0.25, 0.3) is 5.69 Å². The number of aromatic nitrogens is 3. The molecule has 0 saturated carbocycles. The molecular formula is C10H7BrFN3O3S. The van der Waals surface area contributed by atoms with Gasteiger partial charge < -0.3 is 5.11 Å². The molecule has 1 aromatic carbocycles. The molecule has 0 aliphatic carbocycles. The lowest BCUT2D eigenvalue weighted by Crippen LogP contribution is -2.17. The standard InChI is InChI=1S/C10H7BrFN3O3S/c11-5-1-2-6(12)7(3-5)15-9(18)13-14-10(15)19-4-8(16)17/h1-3H,4H2,(H,13,18)(H,16,17). The summed E-state index contributed by atoms with van der Waals surface area (Å²) in [4.78, 5) is 22.2. The zero-order valence-electron chi connectivity index (χ0n) is 9.26. The van der Waals surface area contributed by atoms with Crippen LogP contribution in [-0.2, 0) is 4.79 Å². The predicted molar refractivity (Wildman–Crippen MR) is 70.2 cm³/mol. The van der Waals surface area contributed by atoms with E-state index in [2.05, 4.69) is 26.1 Å². The second kappa shape index (κ2) is 5.57. The molecule has 0 radical (unpaired) electrons. The van der Waals surface area contributed by atoms with Crippen molar-refractivity contribution in [3.05, 3.63) is 39.0 Å². The number of nitrogens with zero attached hydrogens (tertiary/aromatic N) is 2. The van der Waals surface area contributed by atoms with Gasteiger partial charge in [-0.05, 0) is 18.2 Å². The van der Waals surface area contributed by atoms with Crippen molar-refractivity contribution in [2.24, 2.45) is 0 Å². The van der Waals surface area contributed by atoms with Gasteiger partial charge in [-0.2, -0.15) is 0 Å². The quantitative estimate of drug-likeness (QED) is 0.821. The minimum absolute atomic E-state index is 0.000939. The second-order valence-electron chi connectivity index (χ2n) is 3.42. The fourth-order valence-corrected chi connectivity index (χ4v) is 2.40. The first-order valence-electron chi connectivity index (χ1n) is 4.96. The van der Waals surface area contributed by atoms with Crippen molar-refractivity contribution in [1.29, 1.82) is 0 Å². The molecule has 0 saturated heterocycles. The Kier molecular flexibility index (Phi) is 4.05. The summed E-state index contributed by atoms with van der Waals surface area (Å²) in [7, 11) is 0. The fraction of sp³-hybridized carbons (Fsp3) is 0.100. The van der Waals surface area contributed by atoms with Crippen molar-refractivity contribution < 1.29 is 14.3 Å². The average Bonchev–Trinajstić information content (AvgIpc) is 2.71. The monoisotopic (exact) mass is 347 g/mol. The van der Waals surface area contributed by atoms with E-state index in [1.807, 2.05) is 0 Å². The first-order chi connectivity index (χ1) is 8.99. The maximum absolute atomic E-state index is 13.7. The lowest BCUT2D eigenvalue weighted by molar-refractivity contribution is -0.133. The van der Waals surface area contributed by atoms with E-state index in [1.165, 1.54) is 18.2 Å². The van der Waals surface area contributed by atoms with E-state index < -0.39 is 17.5 Å². The molecule has 2 aromatic rings. The molecule has 2 rings (SSSR count). The van der Waals surface area contributed by atoms with Gasteiger partial charge >= 0.3 is 11.7 Å². The maximum atomic E-state index is 13.7. The minimum Gasteiger partial charge on any atom is -0.481 e. The third-order valence-electron chi connectivity index (χ3n) is 2.12. The summed E-state index contributed by atoms with van der Waals surface area (Å²) in [6.45, 7) is 0. The Hall–Kier alpha value is -1.61. The van der Waals surface area contributed by atoms with Gasteiger partial charge in [0.25, 0.3) is 0 Å². The summed E-state index contributed by atoms with van der Waals surface area (Å²) < 4.78 is 15.3. The van der Waals surface area contributed by atoms with E-state index in [9.17, 15) is 14.0 Å². The van der Waals surface area contributed by atoms with E-state index in [0.29, 0.717) is 4.47 Å². The number of halogens is 2. The lowest BCUT2D eigenvalue weighted by atomic mass is 10.3. The summed E-state index contributed by atoms with van der Waals surface area (Å²) >= 11 is 4.00. The fourth-order valence-electron chi connectivity index (χ4n) is 1.38. The van der Waals surface area contributed by atoms with E-state index in [4.69, 9.17) is 5.11 Å². The highest BCUT2D eigenvalue weighted by molar-refractivity contribution is 9.10. The van der Waals surface area contributed by atoms with E-state index in [1.54, 1.807) is 0 Å². The largest absolute Gasteiger partial charge is 0.481 e. The van der Waals surface area contributed by atoms with Gasteiger partial charge in [-0.25, -0.2) is 18.9 Å². The molecule has 2 N–H and O–H groups in total. The molecule has 0 spiro atoms. The molecule has 0 fully saturated rings. The number of carboxylic acids is 1. The Balaban J connectivity index is 2.49. The molecule has 1 heterocycles. The number of carbonyl (C=O) groups is 1. The summed E-state index contributed by atoms with van der Waals surface area (Å²) in [5.41, 5.74) is -0.633. The van der Waals surface area contributed by atoms with E-state index >= 15 is 0 Å². The Morgan fingerprint density at radius 2 is 2.32 bits per heavy atom. The summed E-state index contributed by atoms with van der Waals surface area (Å²) in [5.74, 6) is -1.94. The van der Waals surface area contributed by atoms with Crippen molar-refractivity contribution in [2.45, 2.75) is 5.16 Å². The van der Waals surface area contributed by atoms with Crippen molar-refractivity contribution >= 4 is 33.7 Å². The number of hydrogen-bond acceptors (Lipinski definition) is 4. The van der Waals surface area contributed by atoms with Crippen LogP contribution in [-0.4, -0.2) is 31.6 Å². The van der Waals surface area contributed by atoms with Gasteiger partial charge in [0.1, 0.15) is 5.82 Å². The number of thioether (sulfide) groups is 1. The van der Waals surface area contributed by atoms with Crippen LogP contribution >= 0.6 is 27.7 Å². The number of rotatable bonds is 4. The van der Waals surface area contributed by atoms with Gasteiger partial charge in [0, 0.05) is 4.47 Å². The van der Waals surface area contributed by atoms with Crippen molar-refractivity contribution in [3.63, 3.8) is 0 Å². The van der Waals surface area contributed by atoms with Gasteiger partial charge in [-0.3, -0.25) is 4.79 Å². The summed E-state index contributed by atoms with van der Waals surface area (Å²) in [6, 6.07) is 4.11. The van der Waals surface area contributed by atoms with Crippen LogP contribution in [0.3, 0.4) is 0 Å². The van der Waals surface area contributed by atoms with Gasteiger partial charge in [0.05, 0.1) is 11.4 Å². The Morgan fingerprint density at radius 1 is 1.58 bits per heavy atom. The number of benzene rings is 1. The lowest BCUT2D eigenvalue weighted by Gasteiger charge is -2.06. The number of aliphatic carboxylic acids is 1. The third kappa shape index (κ3) is 3.04. The maximum Gasteiger partial charge on any atom is 0.348 e. The van der Waals surface area contributed by atoms with Crippen LogP contribution in [0.5, 0.6) is 0 Å². The van der Waals surface area contributed by atoms with Crippen molar-refractivity contribution in [3.8, 4) is 5.69 Å². The van der Waals surface area contributed by atoms with Crippen LogP contribution in [0.2, 0.25) is 0 Å². The first kappa shape index (κ1) is 13.8. The van der Waals surface area contributed by atoms with E-state index in [-0.39, 0.29) is 16.6 Å². The Morgan fingerprint density at radius 3 is 3.00 bits per heavy atom. The molecular weight excluding hydrogens is 341 g/mol. The highest BCUT2D eigenvalue weighted by Gasteiger charge is 2.15. The van der Waals surface area contributed by atoms with Crippen LogP contribution in [0, 0.1) is 5.82 Å². The van der Waals surface area contributed by atoms with Crippen LogP contribution in [0.4, 0.5) is 4.39 Å². The van der Waals surface area contributed by atoms with Gasteiger partial charge in [-0.15, -0.1) is 5.10 Å². The molecule has 0 unspecified atom stereocenters. The normalized spacial score (nSPS) is 10.6. The Bertz CT molecular complexity index is 685. The van der Waals surface area contributed by atoms with E-state index in [0.717, 1.165) is 16.3 Å². The zero-order valence-corrected chi connectivity index (χ0v) is 11.7. The number of H-pyrrole nitrogens is 1. The highest BCUT2D eigenvalue weighted by Crippen LogP contribution is 2.22. The number of hydrogen-bond donors (Lipinski definition) is 2. The molecule has 0 bridgehead atoms. The zero-order chi connectivity index (χ0) is 14.0. The molecule has 1 aromatic heterocycles. The van der Waals surface area contributed by atoms with Crippen molar-refractivity contribution in [1.82, 2.24) is 14.8 Å². The van der Waals surface area contributed by atoms with Gasteiger partial charge in [-0.1, -0.05) is 27.7 Å². The molecule has 19 heavy (non-hydrogen) atoms. The SMILES string of the molecule is O=C(O)CSc1n[nH]c(=O)n1-c1cc(Br)ccc1F. The van der Waals surface area contributed by atoms with Crippen LogP contribution in [0.1, 0.15) is 0 Å². The highest BCUT2D eigenvalue weighted by atomic mass is 79.9. The number of aromatic amines is 1. The number of carboxylic acid groups (broad SMARTS) is 1. The number of nitrogens with one attached hydrogen (secondary N) is 1. The molecule has 0 atom stereocenters. The molecule has 9 heteroatoms. The Labute approximate surface area is 118 Å². The van der Waals surface area contributed by atoms with Gasteiger partial charge in [0.15, 0.2) is 5.16 Å². The van der Waals surface area contributed by atoms with Crippen LogP contribution < -0.4 is 5.69 Å². The first-order valence-corrected chi connectivity index (χ1v) is 6.74. The summed E-state index contributed by atoms with van der Waals surface area (Å²) in [5, 5.41) is 14.5. The van der Waals surface area contributed by atoms with Crippen molar-refractivity contribution in [2.75, 3.05) is 5.75 Å². The third-order valence-corrected chi connectivity index (χ3v) is 3.53. The molecule has 0 amide bonds. The summed E-state index contributed by atoms with van der Waals surface area (Å²) in [6.07, 6.45) is 0. The topological polar surface area (TPSA) is 88.0 Å². The molecule has 0 aliphatic heterocycles. The smallest absolute Gasteiger partial charge is 0.348 e.